The van der Waals surface area contributed by atoms with Crippen LogP contribution >= 0.6 is 0 Å². The van der Waals surface area contributed by atoms with Gasteiger partial charge in [-0.1, -0.05) is 31.2 Å². The Hall–Kier alpha value is -3.47. The van der Waals surface area contributed by atoms with Crippen LogP contribution in [0.4, 0.5) is 5.69 Å². The molecule has 0 aliphatic rings. The smallest absolute Gasteiger partial charge is 0.338 e. The Morgan fingerprint density at radius 2 is 1.65 bits per heavy atom. The highest BCUT2D eigenvalue weighted by Crippen LogP contribution is 2.35. The lowest BCUT2D eigenvalue weighted by molar-refractivity contribution is 0.0601. The van der Waals surface area contributed by atoms with E-state index < -0.39 is 0 Å². The molecule has 1 unspecified atom stereocenters. The van der Waals surface area contributed by atoms with E-state index >= 15 is 0 Å². The summed E-state index contributed by atoms with van der Waals surface area (Å²) in [4.78, 5) is 12.4. The molecule has 0 aromatic heterocycles. The molecule has 0 radical (unpaired) electrons. The number of methoxy groups -OCH3 is 2. The van der Waals surface area contributed by atoms with Crippen molar-refractivity contribution in [2.75, 3.05) is 26.6 Å². The number of benzene rings is 3. The minimum atomic E-state index is -0.377. The fourth-order valence-electron chi connectivity index (χ4n) is 3.60. The van der Waals surface area contributed by atoms with Crippen LogP contribution in [0.15, 0.2) is 60.7 Å². The number of anilines is 1. The number of carbonyl (C=O) groups excluding carboxylic acids is 1. The van der Waals surface area contributed by atoms with E-state index in [1.54, 1.807) is 13.2 Å². The average molecular weight is 420 g/mol. The first kappa shape index (κ1) is 22.2. The van der Waals surface area contributed by atoms with Gasteiger partial charge in [-0.25, -0.2) is 4.79 Å². The third-order valence-corrected chi connectivity index (χ3v) is 5.51. The maximum atomic E-state index is 12.4. The molecule has 0 fully saturated rings. The van der Waals surface area contributed by atoms with Crippen molar-refractivity contribution in [3.63, 3.8) is 0 Å². The van der Waals surface area contributed by atoms with Crippen molar-refractivity contribution < 1.29 is 19.0 Å². The van der Waals surface area contributed by atoms with Gasteiger partial charge < -0.3 is 19.9 Å². The first-order valence-corrected chi connectivity index (χ1v) is 10.3. The molecule has 0 aliphatic heterocycles. The minimum Gasteiger partial charge on any atom is -0.497 e. The Kier molecular flexibility index (Phi) is 7.19. The summed E-state index contributed by atoms with van der Waals surface area (Å²) in [5.41, 5.74) is 10.9. The van der Waals surface area contributed by atoms with Crippen LogP contribution in [0.25, 0.3) is 11.1 Å². The zero-order chi connectivity index (χ0) is 22.4. The SMILES string of the molecule is COC(=O)c1ccc(OCCC(C)c2ccc(N)cc2)c(C)c1-c1ccc(OC)cc1. The molecule has 162 valence electrons. The van der Waals surface area contributed by atoms with Crippen molar-refractivity contribution in [2.24, 2.45) is 0 Å². The number of rotatable bonds is 8. The van der Waals surface area contributed by atoms with E-state index in [1.165, 1.54) is 12.7 Å². The molecule has 3 rings (SSSR count). The quantitative estimate of drug-likeness (QED) is 0.379. The van der Waals surface area contributed by atoms with Gasteiger partial charge in [0.25, 0.3) is 0 Å². The average Bonchev–Trinajstić information content (AvgIpc) is 2.80. The maximum Gasteiger partial charge on any atom is 0.338 e. The Morgan fingerprint density at radius 1 is 0.968 bits per heavy atom. The molecule has 0 bridgehead atoms. The van der Waals surface area contributed by atoms with Gasteiger partial charge in [0.05, 0.1) is 26.4 Å². The van der Waals surface area contributed by atoms with Crippen LogP contribution in [0, 0.1) is 6.92 Å². The van der Waals surface area contributed by atoms with E-state index in [4.69, 9.17) is 19.9 Å². The third kappa shape index (κ3) is 5.18. The van der Waals surface area contributed by atoms with E-state index in [9.17, 15) is 4.79 Å². The topological polar surface area (TPSA) is 70.8 Å². The summed E-state index contributed by atoms with van der Waals surface area (Å²) in [5.74, 6) is 1.47. The first-order chi connectivity index (χ1) is 14.9. The van der Waals surface area contributed by atoms with Gasteiger partial charge >= 0.3 is 5.97 Å². The second kappa shape index (κ2) is 10.0. The van der Waals surface area contributed by atoms with E-state index in [-0.39, 0.29) is 5.97 Å². The van der Waals surface area contributed by atoms with Gasteiger partial charge in [-0.2, -0.15) is 0 Å². The lowest BCUT2D eigenvalue weighted by atomic mass is 9.94. The minimum absolute atomic E-state index is 0.344. The number of hydrogen-bond acceptors (Lipinski definition) is 5. The molecule has 3 aromatic rings. The van der Waals surface area contributed by atoms with Gasteiger partial charge in [-0.3, -0.25) is 0 Å². The lowest BCUT2D eigenvalue weighted by Gasteiger charge is -2.18. The van der Waals surface area contributed by atoms with Crippen LogP contribution in [0.2, 0.25) is 0 Å². The number of nitrogen functional groups attached to an aromatic ring is 1. The van der Waals surface area contributed by atoms with Gasteiger partial charge in [0, 0.05) is 11.3 Å². The molecule has 0 amide bonds. The third-order valence-electron chi connectivity index (χ3n) is 5.51. The number of hydrogen-bond donors (Lipinski definition) is 1. The van der Waals surface area contributed by atoms with Gasteiger partial charge in [-0.05, 0) is 72.4 Å². The van der Waals surface area contributed by atoms with Crippen LogP contribution in [-0.4, -0.2) is 26.8 Å². The van der Waals surface area contributed by atoms with Crippen LogP contribution in [0.3, 0.4) is 0 Å². The van der Waals surface area contributed by atoms with Crippen LogP contribution < -0.4 is 15.2 Å². The van der Waals surface area contributed by atoms with Crippen molar-refractivity contribution in [2.45, 2.75) is 26.2 Å². The maximum absolute atomic E-state index is 12.4. The normalized spacial score (nSPS) is 11.6. The molecule has 2 N–H and O–H groups in total. The van der Waals surface area contributed by atoms with Gasteiger partial charge in [0.2, 0.25) is 0 Å². The molecule has 0 spiro atoms. The van der Waals surface area contributed by atoms with Crippen molar-refractivity contribution in [3.05, 3.63) is 77.4 Å². The van der Waals surface area contributed by atoms with Crippen molar-refractivity contribution in [1.29, 1.82) is 0 Å². The molecular weight excluding hydrogens is 390 g/mol. The number of carbonyl (C=O) groups is 1. The molecule has 0 saturated carbocycles. The summed E-state index contributed by atoms with van der Waals surface area (Å²) < 4.78 is 16.4. The predicted octanol–water partition coefficient (Wildman–Crippen LogP) is 5.61. The van der Waals surface area contributed by atoms with E-state index in [2.05, 4.69) is 19.1 Å². The molecular formula is C26H29NO4. The Bertz CT molecular complexity index is 1030. The first-order valence-electron chi connectivity index (χ1n) is 10.3. The highest BCUT2D eigenvalue weighted by molar-refractivity contribution is 5.98. The van der Waals surface area contributed by atoms with Gasteiger partial charge in [-0.15, -0.1) is 0 Å². The molecule has 31 heavy (non-hydrogen) atoms. The van der Waals surface area contributed by atoms with Crippen molar-refractivity contribution in [3.8, 4) is 22.6 Å². The lowest BCUT2D eigenvalue weighted by Crippen LogP contribution is -2.08. The number of esters is 1. The van der Waals surface area contributed by atoms with Gasteiger partial charge in [0.1, 0.15) is 11.5 Å². The van der Waals surface area contributed by atoms with E-state index in [0.717, 1.165) is 40.3 Å². The van der Waals surface area contributed by atoms with E-state index in [1.807, 2.05) is 49.4 Å². The summed E-state index contributed by atoms with van der Waals surface area (Å²) in [6.07, 6.45) is 0.861. The molecule has 0 heterocycles. The number of nitrogens with two attached hydrogens (primary N) is 1. The van der Waals surface area contributed by atoms with Crippen molar-refractivity contribution >= 4 is 11.7 Å². The monoisotopic (exact) mass is 419 g/mol. The Balaban J connectivity index is 1.82. The largest absolute Gasteiger partial charge is 0.497 e. The predicted molar refractivity (Wildman–Crippen MR) is 124 cm³/mol. The highest BCUT2D eigenvalue weighted by Gasteiger charge is 2.19. The summed E-state index contributed by atoms with van der Waals surface area (Å²) in [6, 6.07) is 19.2. The fourth-order valence-corrected chi connectivity index (χ4v) is 3.60. The molecule has 0 aliphatic carbocycles. The fraction of sp³-hybridized carbons (Fsp3) is 0.269. The van der Waals surface area contributed by atoms with E-state index in [0.29, 0.717) is 18.1 Å². The standard InChI is InChI=1S/C26H29NO4/c1-17(19-5-9-21(27)10-6-19)15-16-31-24-14-13-23(26(28)30-4)25(18(24)2)20-7-11-22(29-3)12-8-20/h5-14,17H,15-16,27H2,1-4H3. The summed E-state index contributed by atoms with van der Waals surface area (Å²) in [7, 11) is 3.01. The molecule has 1 atom stereocenters. The van der Waals surface area contributed by atoms with Crippen molar-refractivity contribution in [1.82, 2.24) is 0 Å². The van der Waals surface area contributed by atoms with Gasteiger partial charge in [0.15, 0.2) is 0 Å². The second-order valence-electron chi connectivity index (χ2n) is 7.54. The zero-order valence-electron chi connectivity index (χ0n) is 18.5. The highest BCUT2D eigenvalue weighted by atomic mass is 16.5. The zero-order valence-corrected chi connectivity index (χ0v) is 18.5. The molecule has 5 nitrogen and oxygen atoms in total. The Labute approximate surface area is 183 Å². The second-order valence-corrected chi connectivity index (χ2v) is 7.54. The summed E-state index contributed by atoms with van der Waals surface area (Å²) in [6.45, 7) is 4.70. The van der Waals surface area contributed by atoms with Crippen LogP contribution in [-0.2, 0) is 4.74 Å². The molecule has 0 saturated heterocycles. The summed E-state index contributed by atoms with van der Waals surface area (Å²) >= 11 is 0. The Morgan fingerprint density at radius 3 is 2.26 bits per heavy atom. The molecule has 5 heteroatoms. The summed E-state index contributed by atoms with van der Waals surface area (Å²) in [5, 5.41) is 0. The molecule has 3 aromatic carbocycles. The number of ether oxygens (including phenoxy) is 3. The van der Waals surface area contributed by atoms with Crippen LogP contribution in [0.1, 0.15) is 40.7 Å². The van der Waals surface area contributed by atoms with Crippen LogP contribution in [0.5, 0.6) is 11.5 Å².